The lowest BCUT2D eigenvalue weighted by molar-refractivity contribution is 0.375. The molecule has 0 heteroatoms. The number of benzene rings is 1. The molecule has 0 spiro atoms. The van der Waals surface area contributed by atoms with Gasteiger partial charge in [0, 0.05) is 5.56 Å². The zero-order valence-electron chi connectivity index (χ0n) is 10.5. The Morgan fingerprint density at radius 2 is 1.88 bits per heavy atom. The summed E-state index contributed by atoms with van der Waals surface area (Å²) in [6.45, 7) is 2.11. The normalized spacial score (nSPS) is 24.7. The molecule has 0 atom stereocenters. The molecule has 1 aliphatic rings. The second-order valence-electron chi connectivity index (χ2n) is 4.87. The fourth-order valence-electron chi connectivity index (χ4n) is 2.88. The zero-order chi connectivity index (χ0) is 12.1. The van der Waals surface area contributed by atoms with Crippen LogP contribution in [-0.2, 0) is 0 Å². The van der Waals surface area contributed by atoms with Gasteiger partial charge in [-0.3, -0.25) is 0 Å². The van der Waals surface area contributed by atoms with Crippen molar-refractivity contribution in [2.24, 2.45) is 5.92 Å². The van der Waals surface area contributed by atoms with Crippen LogP contribution < -0.4 is 0 Å². The SMILES string of the molecule is C#Cc1ccccc1C1CCC(C=CC)CC1. The molecule has 1 fully saturated rings. The van der Waals surface area contributed by atoms with Crippen LogP contribution in [-0.4, -0.2) is 0 Å². The molecule has 1 aromatic rings. The lowest BCUT2D eigenvalue weighted by Gasteiger charge is -2.27. The van der Waals surface area contributed by atoms with Gasteiger partial charge in [0.1, 0.15) is 0 Å². The van der Waals surface area contributed by atoms with Crippen molar-refractivity contribution in [2.75, 3.05) is 0 Å². The maximum Gasteiger partial charge on any atom is 0.0277 e. The Balaban J connectivity index is 2.08. The van der Waals surface area contributed by atoms with Gasteiger partial charge in [0.2, 0.25) is 0 Å². The fourth-order valence-corrected chi connectivity index (χ4v) is 2.88. The lowest BCUT2D eigenvalue weighted by atomic mass is 9.77. The van der Waals surface area contributed by atoms with Gasteiger partial charge in [-0.2, -0.15) is 0 Å². The van der Waals surface area contributed by atoms with Gasteiger partial charge < -0.3 is 0 Å². The molecule has 88 valence electrons. The first-order chi connectivity index (χ1) is 8.35. The van der Waals surface area contributed by atoms with E-state index in [1.807, 2.05) is 6.07 Å². The predicted octanol–water partition coefficient (Wildman–Crippen LogP) is 4.52. The minimum Gasteiger partial charge on any atom is -0.115 e. The Morgan fingerprint density at radius 1 is 1.18 bits per heavy atom. The molecule has 0 heterocycles. The van der Waals surface area contributed by atoms with Gasteiger partial charge in [-0.25, -0.2) is 0 Å². The summed E-state index contributed by atoms with van der Waals surface area (Å²) >= 11 is 0. The van der Waals surface area contributed by atoms with Gasteiger partial charge >= 0.3 is 0 Å². The Kier molecular flexibility index (Phi) is 4.04. The molecule has 1 aliphatic carbocycles. The van der Waals surface area contributed by atoms with E-state index < -0.39 is 0 Å². The third-order valence-corrected chi connectivity index (χ3v) is 3.79. The minimum atomic E-state index is 0.670. The molecular weight excluding hydrogens is 204 g/mol. The monoisotopic (exact) mass is 224 g/mol. The standard InChI is InChI=1S/C17H20/c1-3-7-14-10-12-16(13-11-14)17-9-6-5-8-15(17)4-2/h2-3,5-9,14,16H,10-13H2,1H3. The van der Waals surface area contributed by atoms with Crippen LogP contribution in [0.1, 0.15) is 49.7 Å². The maximum atomic E-state index is 5.57. The van der Waals surface area contributed by atoms with Gasteiger partial charge in [0.25, 0.3) is 0 Å². The summed E-state index contributed by atoms with van der Waals surface area (Å²) in [6, 6.07) is 8.40. The first kappa shape index (κ1) is 12.0. The summed E-state index contributed by atoms with van der Waals surface area (Å²) in [6.07, 6.45) is 15.2. The molecule has 2 rings (SSSR count). The summed E-state index contributed by atoms with van der Waals surface area (Å²) in [7, 11) is 0. The first-order valence-corrected chi connectivity index (χ1v) is 6.53. The van der Waals surface area contributed by atoms with Gasteiger partial charge in [0.15, 0.2) is 0 Å². The number of rotatable bonds is 2. The van der Waals surface area contributed by atoms with Gasteiger partial charge in [-0.15, -0.1) is 6.42 Å². The van der Waals surface area contributed by atoms with Crippen LogP contribution in [0.5, 0.6) is 0 Å². The van der Waals surface area contributed by atoms with Gasteiger partial charge in [-0.1, -0.05) is 36.3 Å². The van der Waals surface area contributed by atoms with Crippen LogP contribution in [0.25, 0.3) is 0 Å². The van der Waals surface area contributed by atoms with E-state index in [1.54, 1.807) is 0 Å². The van der Waals surface area contributed by atoms with Crippen LogP contribution >= 0.6 is 0 Å². The van der Waals surface area contributed by atoms with E-state index in [4.69, 9.17) is 6.42 Å². The molecule has 0 bridgehead atoms. The van der Waals surface area contributed by atoms with E-state index in [0.717, 1.165) is 11.5 Å². The molecule has 0 nitrogen and oxygen atoms in total. The molecular formula is C17H20. The minimum absolute atomic E-state index is 0.670. The fraction of sp³-hybridized carbons (Fsp3) is 0.412. The van der Waals surface area contributed by atoms with Gasteiger partial charge in [0.05, 0.1) is 0 Å². The van der Waals surface area contributed by atoms with Crippen molar-refractivity contribution in [3.05, 3.63) is 47.5 Å². The Morgan fingerprint density at radius 3 is 2.53 bits per heavy atom. The summed E-state index contributed by atoms with van der Waals surface area (Å²) in [4.78, 5) is 0. The topological polar surface area (TPSA) is 0 Å². The average molecular weight is 224 g/mol. The average Bonchev–Trinajstić information content (AvgIpc) is 2.40. The molecule has 0 radical (unpaired) electrons. The van der Waals surface area contributed by atoms with E-state index in [9.17, 15) is 0 Å². The molecule has 0 aliphatic heterocycles. The van der Waals surface area contributed by atoms with Gasteiger partial charge in [-0.05, 0) is 56.1 Å². The molecule has 0 unspecified atom stereocenters. The number of terminal acetylenes is 1. The summed E-state index contributed by atoms with van der Waals surface area (Å²) < 4.78 is 0. The highest BCUT2D eigenvalue weighted by atomic mass is 14.3. The molecule has 0 amide bonds. The van der Waals surface area contributed by atoms with Crippen LogP contribution in [0.3, 0.4) is 0 Å². The third-order valence-electron chi connectivity index (χ3n) is 3.79. The Bertz CT molecular complexity index is 426. The summed E-state index contributed by atoms with van der Waals surface area (Å²) in [5.41, 5.74) is 2.47. The van der Waals surface area contributed by atoms with E-state index in [-0.39, 0.29) is 0 Å². The van der Waals surface area contributed by atoms with Crippen molar-refractivity contribution in [3.8, 4) is 12.3 Å². The van der Waals surface area contributed by atoms with Crippen molar-refractivity contribution in [1.82, 2.24) is 0 Å². The Labute approximate surface area is 105 Å². The van der Waals surface area contributed by atoms with Crippen LogP contribution in [0, 0.1) is 18.3 Å². The second-order valence-corrected chi connectivity index (χ2v) is 4.87. The molecule has 0 aromatic heterocycles. The maximum absolute atomic E-state index is 5.57. The van der Waals surface area contributed by atoms with Crippen molar-refractivity contribution in [2.45, 2.75) is 38.5 Å². The van der Waals surface area contributed by atoms with Crippen LogP contribution in [0.2, 0.25) is 0 Å². The number of hydrogen-bond donors (Lipinski definition) is 0. The first-order valence-electron chi connectivity index (χ1n) is 6.53. The van der Waals surface area contributed by atoms with E-state index in [2.05, 4.69) is 43.2 Å². The quantitative estimate of drug-likeness (QED) is 0.512. The molecule has 0 N–H and O–H groups in total. The van der Waals surface area contributed by atoms with E-state index >= 15 is 0 Å². The summed E-state index contributed by atoms with van der Waals surface area (Å²) in [5, 5.41) is 0. The lowest BCUT2D eigenvalue weighted by Crippen LogP contribution is -2.12. The van der Waals surface area contributed by atoms with Crippen molar-refractivity contribution in [3.63, 3.8) is 0 Å². The molecule has 17 heavy (non-hydrogen) atoms. The second kappa shape index (κ2) is 5.73. The Hall–Kier alpha value is -1.48. The summed E-state index contributed by atoms with van der Waals surface area (Å²) in [5.74, 6) is 4.27. The highest BCUT2D eigenvalue weighted by molar-refractivity contribution is 5.41. The smallest absolute Gasteiger partial charge is 0.0277 e. The number of hydrogen-bond acceptors (Lipinski definition) is 0. The predicted molar refractivity (Wildman–Crippen MR) is 73.9 cm³/mol. The zero-order valence-corrected chi connectivity index (χ0v) is 10.5. The third kappa shape index (κ3) is 2.80. The molecule has 1 saturated carbocycles. The van der Waals surface area contributed by atoms with Crippen molar-refractivity contribution in [1.29, 1.82) is 0 Å². The largest absolute Gasteiger partial charge is 0.115 e. The highest BCUT2D eigenvalue weighted by Gasteiger charge is 2.21. The van der Waals surface area contributed by atoms with E-state index in [1.165, 1.54) is 31.2 Å². The van der Waals surface area contributed by atoms with E-state index in [0.29, 0.717) is 5.92 Å². The highest BCUT2D eigenvalue weighted by Crippen LogP contribution is 2.37. The van der Waals surface area contributed by atoms with Crippen molar-refractivity contribution >= 4 is 0 Å². The molecule has 1 aromatic carbocycles. The number of allylic oxidation sites excluding steroid dienone is 2. The van der Waals surface area contributed by atoms with Crippen LogP contribution in [0.15, 0.2) is 36.4 Å². The van der Waals surface area contributed by atoms with Crippen molar-refractivity contribution < 1.29 is 0 Å². The molecule has 0 saturated heterocycles. The van der Waals surface area contributed by atoms with Crippen LogP contribution in [0.4, 0.5) is 0 Å².